The van der Waals surface area contributed by atoms with Gasteiger partial charge < -0.3 is 24.8 Å². The first-order valence-electron chi connectivity index (χ1n) is 11.8. The number of benzene rings is 1. The highest BCUT2D eigenvalue weighted by Gasteiger charge is 2.23. The topological polar surface area (TPSA) is 84.1 Å². The maximum absolute atomic E-state index is 10.0. The quantitative estimate of drug-likeness (QED) is 0.475. The second-order valence-electron chi connectivity index (χ2n) is 9.14. The summed E-state index contributed by atoms with van der Waals surface area (Å²) in [5.41, 5.74) is 3.59. The van der Waals surface area contributed by atoms with Crippen molar-refractivity contribution in [3.8, 4) is 17.0 Å². The molecule has 0 aliphatic carbocycles. The van der Waals surface area contributed by atoms with Crippen LogP contribution in [0, 0.1) is 0 Å². The van der Waals surface area contributed by atoms with Gasteiger partial charge in [0.05, 0.1) is 11.9 Å². The van der Waals surface area contributed by atoms with Crippen LogP contribution in [0.5, 0.6) is 5.75 Å². The van der Waals surface area contributed by atoms with Crippen molar-refractivity contribution >= 4 is 23.1 Å². The Morgan fingerprint density at radius 2 is 2.03 bits per heavy atom. The zero-order valence-electron chi connectivity index (χ0n) is 20.3. The number of likely N-dealkylation sites (N-methyl/N-ethyl adjacent to an activating group) is 1. The molecule has 0 saturated carbocycles. The number of hydrogen-bond donors (Lipinski definition) is 2. The van der Waals surface area contributed by atoms with Crippen LogP contribution in [-0.4, -0.2) is 72.3 Å². The second-order valence-corrected chi connectivity index (χ2v) is 9.58. The molecule has 0 bridgehead atoms. The van der Waals surface area contributed by atoms with Gasteiger partial charge in [0.15, 0.2) is 5.65 Å². The molecule has 1 fully saturated rings. The van der Waals surface area contributed by atoms with Gasteiger partial charge in [-0.15, -0.1) is 0 Å². The van der Waals surface area contributed by atoms with Crippen LogP contribution in [0.2, 0.25) is 5.02 Å². The van der Waals surface area contributed by atoms with Crippen molar-refractivity contribution < 1.29 is 14.6 Å². The van der Waals surface area contributed by atoms with Gasteiger partial charge in [-0.3, -0.25) is 0 Å². The number of aliphatic hydroxyl groups excluding tert-OH is 1. The van der Waals surface area contributed by atoms with Crippen molar-refractivity contribution in [2.45, 2.75) is 44.8 Å². The highest BCUT2D eigenvalue weighted by Crippen LogP contribution is 2.33. The molecular formula is C25H34ClN5O3. The lowest BCUT2D eigenvalue weighted by Crippen LogP contribution is -2.37. The van der Waals surface area contributed by atoms with Crippen molar-refractivity contribution in [3.05, 3.63) is 41.0 Å². The number of hydrogen-bond acceptors (Lipinski definition) is 7. The van der Waals surface area contributed by atoms with E-state index in [-0.39, 0.29) is 12.5 Å². The predicted molar refractivity (Wildman–Crippen MR) is 135 cm³/mol. The van der Waals surface area contributed by atoms with Crippen LogP contribution >= 0.6 is 11.6 Å². The van der Waals surface area contributed by atoms with Crippen LogP contribution < -0.4 is 15.0 Å². The zero-order valence-corrected chi connectivity index (χ0v) is 21.0. The first-order valence-corrected chi connectivity index (χ1v) is 12.2. The first-order chi connectivity index (χ1) is 16.4. The van der Waals surface area contributed by atoms with Crippen LogP contribution in [0.15, 0.2) is 30.5 Å². The van der Waals surface area contributed by atoms with Gasteiger partial charge in [0.25, 0.3) is 0 Å². The summed E-state index contributed by atoms with van der Waals surface area (Å²) in [5.74, 6) is 1.86. The molecule has 34 heavy (non-hydrogen) atoms. The highest BCUT2D eigenvalue weighted by atomic mass is 35.5. The minimum atomic E-state index is -0.609. The van der Waals surface area contributed by atoms with E-state index in [2.05, 4.69) is 42.3 Å². The van der Waals surface area contributed by atoms with E-state index in [0.717, 1.165) is 54.3 Å². The van der Waals surface area contributed by atoms with E-state index in [0.29, 0.717) is 23.4 Å². The lowest BCUT2D eigenvalue weighted by Gasteiger charge is -2.33. The van der Waals surface area contributed by atoms with Gasteiger partial charge in [0, 0.05) is 55.1 Å². The fourth-order valence-electron chi connectivity index (χ4n) is 4.31. The third-order valence-electron chi connectivity index (χ3n) is 6.25. The molecule has 0 amide bonds. The Bertz CT molecular complexity index is 1110. The summed E-state index contributed by atoms with van der Waals surface area (Å²) in [5, 5.41) is 18.2. The van der Waals surface area contributed by atoms with Crippen molar-refractivity contribution in [1.29, 1.82) is 0 Å². The normalized spacial score (nSPS) is 15.7. The summed E-state index contributed by atoms with van der Waals surface area (Å²) < 4.78 is 13.3. The Hall–Kier alpha value is -2.39. The molecule has 3 heterocycles. The summed E-state index contributed by atoms with van der Waals surface area (Å²) in [6, 6.07) is 7.99. The number of nitrogens with one attached hydrogen (secondary N) is 1. The maximum Gasteiger partial charge on any atom is 0.161 e. The number of anilines is 1. The minimum Gasteiger partial charge on any atom is -0.491 e. The van der Waals surface area contributed by atoms with Gasteiger partial charge in [-0.1, -0.05) is 25.4 Å². The Balaban J connectivity index is 1.75. The monoisotopic (exact) mass is 487 g/mol. The molecule has 1 unspecified atom stereocenters. The summed E-state index contributed by atoms with van der Waals surface area (Å²) in [4.78, 5) is 7.28. The van der Waals surface area contributed by atoms with Crippen molar-refractivity contribution in [2.24, 2.45) is 0 Å². The number of aromatic nitrogens is 3. The molecule has 8 nitrogen and oxygen atoms in total. The van der Waals surface area contributed by atoms with E-state index in [1.54, 1.807) is 13.1 Å². The van der Waals surface area contributed by atoms with Crippen molar-refractivity contribution in [1.82, 2.24) is 19.9 Å². The molecule has 184 valence electrons. The SMILES string of the molecule is CNCC(O)COc1cc(Cl)cc(-c2cc(N(C)C3CCOCC3)n3ncc(C(C)C)c3n2)c1. The van der Waals surface area contributed by atoms with E-state index >= 15 is 0 Å². The van der Waals surface area contributed by atoms with Crippen LogP contribution in [0.4, 0.5) is 5.82 Å². The first kappa shape index (κ1) is 24.7. The molecule has 3 aromatic rings. The van der Waals surface area contributed by atoms with E-state index in [1.807, 2.05) is 22.8 Å². The summed E-state index contributed by atoms with van der Waals surface area (Å²) in [7, 11) is 3.90. The Morgan fingerprint density at radius 1 is 1.26 bits per heavy atom. The molecule has 2 aromatic heterocycles. The number of rotatable bonds is 9. The number of aliphatic hydroxyl groups is 1. The van der Waals surface area contributed by atoms with Gasteiger partial charge in [-0.2, -0.15) is 9.61 Å². The third kappa shape index (κ3) is 5.46. The van der Waals surface area contributed by atoms with Crippen molar-refractivity contribution in [3.63, 3.8) is 0 Å². The van der Waals surface area contributed by atoms with Crippen LogP contribution in [-0.2, 0) is 4.74 Å². The molecule has 1 aromatic carbocycles. The van der Waals surface area contributed by atoms with E-state index in [1.165, 1.54) is 0 Å². The molecule has 0 spiro atoms. The van der Waals surface area contributed by atoms with Crippen LogP contribution in [0.1, 0.15) is 38.2 Å². The Morgan fingerprint density at radius 3 is 2.74 bits per heavy atom. The number of halogens is 1. The molecule has 1 aliphatic rings. The predicted octanol–water partition coefficient (Wildman–Crippen LogP) is 3.75. The van der Waals surface area contributed by atoms with Crippen molar-refractivity contribution in [2.75, 3.05) is 45.4 Å². The summed E-state index contributed by atoms with van der Waals surface area (Å²) in [6.07, 6.45) is 3.24. The summed E-state index contributed by atoms with van der Waals surface area (Å²) in [6.45, 7) is 6.45. The molecule has 1 aliphatic heterocycles. The molecule has 0 radical (unpaired) electrons. The fraction of sp³-hybridized carbons (Fsp3) is 0.520. The molecule has 2 N–H and O–H groups in total. The smallest absolute Gasteiger partial charge is 0.161 e. The third-order valence-corrected chi connectivity index (χ3v) is 6.47. The summed E-state index contributed by atoms with van der Waals surface area (Å²) >= 11 is 6.45. The van der Waals surface area contributed by atoms with E-state index < -0.39 is 6.10 Å². The molecule has 9 heteroatoms. The van der Waals surface area contributed by atoms with Gasteiger partial charge in [0.2, 0.25) is 0 Å². The van der Waals surface area contributed by atoms with E-state index in [4.69, 9.17) is 26.1 Å². The maximum atomic E-state index is 10.0. The fourth-order valence-corrected chi connectivity index (χ4v) is 4.54. The van der Waals surface area contributed by atoms with E-state index in [9.17, 15) is 5.11 Å². The second kappa shape index (κ2) is 10.9. The number of fused-ring (bicyclic) bond motifs is 1. The standard InChI is InChI=1S/C25H34ClN5O3/c1-16(2)22-14-28-31-24(30(4)19-5-7-33-8-6-19)12-23(29-25(22)31)17-9-18(26)11-21(10-17)34-15-20(32)13-27-3/h9-12,14,16,19-20,27,32H,5-8,13,15H2,1-4H3. The lowest BCUT2D eigenvalue weighted by atomic mass is 10.1. The average molecular weight is 488 g/mol. The molecule has 1 atom stereocenters. The number of nitrogens with zero attached hydrogens (tertiary/aromatic N) is 4. The highest BCUT2D eigenvalue weighted by molar-refractivity contribution is 6.31. The zero-order chi connectivity index (χ0) is 24.2. The van der Waals surface area contributed by atoms with Gasteiger partial charge in [0.1, 0.15) is 24.3 Å². The van der Waals surface area contributed by atoms with Gasteiger partial charge in [-0.05, 0) is 44.0 Å². The Labute approximate surface area is 205 Å². The number of ether oxygens (including phenoxy) is 2. The van der Waals surface area contributed by atoms with Crippen LogP contribution in [0.3, 0.4) is 0 Å². The molecule has 4 rings (SSSR count). The lowest BCUT2D eigenvalue weighted by molar-refractivity contribution is 0.0853. The largest absolute Gasteiger partial charge is 0.491 e. The minimum absolute atomic E-state index is 0.172. The molecular weight excluding hydrogens is 454 g/mol. The van der Waals surface area contributed by atoms with Gasteiger partial charge in [-0.25, -0.2) is 4.98 Å². The average Bonchev–Trinajstić information content (AvgIpc) is 3.26. The molecule has 1 saturated heterocycles. The Kier molecular flexibility index (Phi) is 7.93. The van der Waals surface area contributed by atoms with Gasteiger partial charge >= 0.3 is 0 Å². The van der Waals surface area contributed by atoms with Crippen LogP contribution in [0.25, 0.3) is 16.9 Å².